The van der Waals surface area contributed by atoms with E-state index in [-0.39, 0.29) is 11.1 Å². The lowest BCUT2D eigenvalue weighted by molar-refractivity contribution is 0.340. The molecule has 1 aromatic heterocycles. The number of ether oxygens (including phenoxy) is 1. The van der Waals surface area contributed by atoms with E-state index in [0.29, 0.717) is 12.1 Å². The fraction of sp³-hybridized carbons (Fsp3) is 0.231. The van der Waals surface area contributed by atoms with Crippen molar-refractivity contribution >= 4 is 11.6 Å². The van der Waals surface area contributed by atoms with Crippen LogP contribution in [0.5, 0.6) is 0 Å². The van der Waals surface area contributed by atoms with Crippen LogP contribution in [0, 0.1) is 11.3 Å². The minimum Gasteiger partial charge on any atom is -0.503 e. The highest BCUT2D eigenvalue weighted by Crippen LogP contribution is 2.20. The van der Waals surface area contributed by atoms with Crippen molar-refractivity contribution in [1.29, 1.82) is 5.26 Å². The first-order chi connectivity index (χ1) is 8.17. The maximum Gasteiger partial charge on any atom is 0.248 e. The second kappa shape index (κ2) is 5.71. The van der Waals surface area contributed by atoms with Crippen LogP contribution in [0.15, 0.2) is 23.7 Å². The Bertz CT molecular complexity index is 548. The molecule has 1 N–H and O–H groups in total. The molecule has 1 heterocycles. The number of nitrogens with zero attached hydrogens (tertiary/aromatic N) is 1. The summed E-state index contributed by atoms with van der Waals surface area (Å²) in [6.07, 6.45) is 3.63. The predicted octanol–water partition coefficient (Wildman–Crippen LogP) is 2.09. The lowest BCUT2D eigenvalue weighted by Gasteiger charge is -2.08. The van der Waals surface area contributed by atoms with Crippen LogP contribution in [0.25, 0.3) is 11.6 Å². The molecule has 0 spiro atoms. The molecule has 0 aromatic carbocycles. The van der Waals surface area contributed by atoms with Crippen molar-refractivity contribution in [2.75, 3.05) is 7.11 Å². The van der Waals surface area contributed by atoms with Crippen LogP contribution >= 0.6 is 0 Å². The van der Waals surface area contributed by atoms with Gasteiger partial charge in [-0.05, 0) is 12.0 Å². The Hall–Kier alpha value is -2.28. The molecule has 4 heteroatoms. The van der Waals surface area contributed by atoms with Gasteiger partial charge in [-0.3, -0.25) is 4.79 Å². The van der Waals surface area contributed by atoms with Gasteiger partial charge in [-0.1, -0.05) is 19.6 Å². The molecule has 0 fully saturated rings. The maximum absolute atomic E-state index is 11.5. The van der Waals surface area contributed by atoms with Crippen LogP contribution < -0.4 is 5.56 Å². The quantitative estimate of drug-likeness (QED) is 0.636. The number of aromatic nitrogens is 1. The van der Waals surface area contributed by atoms with Gasteiger partial charge in [0.25, 0.3) is 0 Å². The number of rotatable bonds is 4. The number of allylic oxidation sites excluding steroid dienone is 1. The molecule has 88 valence electrons. The van der Waals surface area contributed by atoms with Crippen molar-refractivity contribution in [3.63, 3.8) is 0 Å². The van der Waals surface area contributed by atoms with Gasteiger partial charge in [0.1, 0.15) is 17.9 Å². The summed E-state index contributed by atoms with van der Waals surface area (Å²) in [5, 5.41) is 9.03. The van der Waals surface area contributed by atoms with Crippen molar-refractivity contribution in [3.05, 3.63) is 46.1 Å². The zero-order valence-corrected chi connectivity index (χ0v) is 9.91. The van der Waals surface area contributed by atoms with E-state index in [9.17, 15) is 4.79 Å². The molecule has 0 amide bonds. The summed E-state index contributed by atoms with van der Waals surface area (Å²) in [4.78, 5) is 14.1. The summed E-state index contributed by atoms with van der Waals surface area (Å²) in [6, 6.07) is 3.51. The lowest BCUT2D eigenvalue weighted by atomic mass is 10.0. The summed E-state index contributed by atoms with van der Waals surface area (Å²) in [6.45, 7) is 5.65. The Labute approximate surface area is 99.9 Å². The van der Waals surface area contributed by atoms with Gasteiger partial charge in [-0.15, -0.1) is 0 Å². The van der Waals surface area contributed by atoms with E-state index in [4.69, 9.17) is 10.00 Å². The highest BCUT2D eigenvalue weighted by molar-refractivity contribution is 5.80. The number of nitriles is 1. The topological polar surface area (TPSA) is 65.9 Å². The van der Waals surface area contributed by atoms with Crippen LogP contribution in [-0.2, 0) is 11.2 Å². The molecule has 1 aromatic rings. The third kappa shape index (κ3) is 2.64. The number of pyridine rings is 1. The van der Waals surface area contributed by atoms with Gasteiger partial charge in [-0.2, -0.15) is 5.26 Å². The summed E-state index contributed by atoms with van der Waals surface area (Å²) in [5.41, 5.74) is 2.11. The molecule has 1 rings (SSSR count). The Balaban J connectivity index is 3.57. The summed E-state index contributed by atoms with van der Waals surface area (Å²) in [5.74, 6) is 0. The van der Waals surface area contributed by atoms with Crippen LogP contribution in [0.3, 0.4) is 0 Å². The zero-order valence-electron chi connectivity index (χ0n) is 9.91. The first-order valence-corrected chi connectivity index (χ1v) is 5.20. The SMILES string of the molecule is C=Cc1c(CC)cc(=O)[nH]c1/C(C#N)=C/OC. The van der Waals surface area contributed by atoms with Crippen LogP contribution in [0.1, 0.15) is 23.7 Å². The largest absolute Gasteiger partial charge is 0.503 e. The Morgan fingerprint density at radius 3 is 2.88 bits per heavy atom. The van der Waals surface area contributed by atoms with Crippen LogP contribution in [-0.4, -0.2) is 12.1 Å². The molecule has 0 radical (unpaired) electrons. The van der Waals surface area contributed by atoms with Gasteiger partial charge < -0.3 is 9.72 Å². The number of aryl methyl sites for hydroxylation is 1. The van der Waals surface area contributed by atoms with Gasteiger partial charge in [-0.25, -0.2) is 0 Å². The molecule has 0 aliphatic carbocycles. The smallest absolute Gasteiger partial charge is 0.248 e. The molecule has 0 bridgehead atoms. The highest BCUT2D eigenvalue weighted by Gasteiger charge is 2.11. The Kier molecular flexibility index (Phi) is 4.29. The van der Waals surface area contributed by atoms with Crippen molar-refractivity contribution < 1.29 is 4.74 Å². The molecular formula is C13H14N2O2. The molecule has 0 unspecified atom stereocenters. The van der Waals surface area contributed by atoms with E-state index in [2.05, 4.69) is 11.6 Å². The van der Waals surface area contributed by atoms with E-state index < -0.39 is 0 Å². The molecule has 0 saturated carbocycles. The van der Waals surface area contributed by atoms with E-state index in [1.807, 2.05) is 13.0 Å². The van der Waals surface area contributed by atoms with Gasteiger partial charge >= 0.3 is 0 Å². The number of nitrogens with one attached hydrogen (secondary N) is 1. The number of hydrogen-bond donors (Lipinski definition) is 1. The van der Waals surface area contributed by atoms with Crippen molar-refractivity contribution in [1.82, 2.24) is 4.98 Å². The van der Waals surface area contributed by atoms with Crippen molar-refractivity contribution in [2.24, 2.45) is 0 Å². The molecule has 17 heavy (non-hydrogen) atoms. The van der Waals surface area contributed by atoms with Gasteiger partial charge in [0.05, 0.1) is 12.8 Å². The molecule has 0 aliphatic heterocycles. The molecular weight excluding hydrogens is 216 g/mol. The highest BCUT2D eigenvalue weighted by atomic mass is 16.5. The monoisotopic (exact) mass is 230 g/mol. The van der Waals surface area contributed by atoms with Gasteiger partial charge in [0, 0.05) is 11.6 Å². The Morgan fingerprint density at radius 1 is 1.71 bits per heavy atom. The normalized spacial score (nSPS) is 10.8. The molecule has 0 aliphatic rings. The second-order valence-electron chi connectivity index (χ2n) is 3.38. The lowest BCUT2D eigenvalue weighted by Crippen LogP contribution is -2.11. The van der Waals surface area contributed by atoms with E-state index in [1.165, 1.54) is 19.4 Å². The zero-order chi connectivity index (χ0) is 12.8. The van der Waals surface area contributed by atoms with Gasteiger partial charge in [0.2, 0.25) is 5.56 Å². The number of methoxy groups -OCH3 is 1. The summed E-state index contributed by atoms with van der Waals surface area (Å²) >= 11 is 0. The fourth-order valence-corrected chi connectivity index (χ4v) is 1.62. The van der Waals surface area contributed by atoms with E-state index in [1.54, 1.807) is 6.08 Å². The average molecular weight is 230 g/mol. The maximum atomic E-state index is 11.5. The second-order valence-corrected chi connectivity index (χ2v) is 3.38. The van der Waals surface area contributed by atoms with Crippen molar-refractivity contribution in [2.45, 2.75) is 13.3 Å². The Morgan fingerprint density at radius 2 is 2.41 bits per heavy atom. The van der Waals surface area contributed by atoms with Crippen molar-refractivity contribution in [3.8, 4) is 6.07 Å². The predicted molar refractivity (Wildman–Crippen MR) is 67.1 cm³/mol. The van der Waals surface area contributed by atoms with E-state index in [0.717, 1.165) is 11.1 Å². The standard InChI is InChI=1S/C13H14N2O2/c1-4-9-6-12(16)15-13(11(9)5-2)10(7-14)8-17-3/h5-6,8H,2,4H2,1,3H3,(H,15,16)/b10-8+. The summed E-state index contributed by atoms with van der Waals surface area (Å²) in [7, 11) is 1.45. The molecule has 0 saturated heterocycles. The third-order valence-corrected chi connectivity index (χ3v) is 2.38. The minimum absolute atomic E-state index is 0.236. The van der Waals surface area contributed by atoms with Crippen LogP contribution in [0.2, 0.25) is 0 Å². The third-order valence-electron chi connectivity index (χ3n) is 2.38. The first kappa shape index (κ1) is 12.8. The minimum atomic E-state index is -0.236. The number of aromatic amines is 1. The number of hydrogen-bond acceptors (Lipinski definition) is 3. The fourth-order valence-electron chi connectivity index (χ4n) is 1.62. The number of H-pyrrole nitrogens is 1. The van der Waals surface area contributed by atoms with Crippen LogP contribution in [0.4, 0.5) is 0 Å². The molecule has 0 atom stereocenters. The van der Waals surface area contributed by atoms with E-state index >= 15 is 0 Å². The first-order valence-electron chi connectivity index (χ1n) is 5.20. The molecule has 4 nitrogen and oxygen atoms in total. The summed E-state index contributed by atoms with van der Waals surface area (Å²) < 4.78 is 4.82. The average Bonchev–Trinajstić information content (AvgIpc) is 2.34. The van der Waals surface area contributed by atoms with Gasteiger partial charge in [0.15, 0.2) is 0 Å².